The van der Waals surface area contributed by atoms with Gasteiger partial charge in [0.2, 0.25) is 0 Å². The lowest BCUT2D eigenvalue weighted by Crippen LogP contribution is -2.41. The zero-order chi connectivity index (χ0) is 17.4. The summed E-state index contributed by atoms with van der Waals surface area (Å²) in [5, 5.41) is 0. The first-order valence-electron chi connectivity index (χ1n) is 8.67. The molecule has 132 valence electrons. The van der Waals surface area contributed by atoms with E-state index in [9.17, 15) is 9.59 Å². The molecule has 0 aromatic heterocycles. The van der Waals surface area contributed by atoms with Crippen molar-refractivity contribution in [3.8, 4) is 11.8 Å². The summed E-state index contributed by atoms with van der Waals surface area (Å²) in [4.78, 5) is 22.2. The van der Waals surface area contributed by atoms with Crippen molar-refractivity contribution < 1.29 is 23.8 Å². The molecule has 24 heavy (non-hydrogen) atoms. The standard InChI is InChI=1S/C19H26O5/c1-14(20)22-13-19-18(23-15(2)21)12-11-17(24-19)10-6-9-16-7-4-3-5-8-16/h11-12,16-19H,3-5,7-9,13H2,1-2H3/t17-,18-,19-/m1/s1. The molecule has 1 fully saturated rings. The molecule has 0 aromatic carbocycles. The molecule has 2 rings (SSSR count). The van der Waals surface area contributed by atoms with Crippen molar-refractivity contribution in [2.45, 2.75) is 70.7 Å². The molecule has 0 radical (unpaired) electrons. The molecule has 1 aliphatic carbocycles. The maximum atomic E-state index is 11.2. The fourth-order valence-corrected chi connectivity index (χ4v) is 3.06. The third kappa shape index (κ3) is 6.37. The maximum absolute atomic E-state index is 11.2. The van der Waals surface area contributed by atoms with E-state index in [1.54, 1.807) is 12.2 Å². The van der Waals surface area contributed by atoms with Gasteiger partial charge in [-0.3, -0.25) is 9.59 Å². The predicted octanol–water partition coefficient (Wildman–Crippen LogP) is 2.78. The molecule has 0 aromatic rings. The zero-order valence-corrected chi connectivity index (χ0v) is 14.5. The number of ether oxygens (including phenoxy) is 3. The van der Waals surface area contributed by atoms with Crippen molar-refractivity contribution in [3.05, 3.63) is 12.2 Å². The lowest BCUT2D eigenvalue weighted by Gasteiger charge is -2.29. The van der Waals surface area contributed by atoms with Crippen LogP contribution in [0.15, 0.2) is 12.2 Å². The molecule has 0 spiro atoms. The quantitative estimate of drug-likeness (QED) is 0.449. The lowest BCUT2D eigenvalue weighted by molar-refractivity contribution is -0.161. The van der Waals surface area contributed by atoms with Crippen molar-refractivity contribution in [3.63, 3.8) is 0 Å². The third-order valence-corrected chi connectivity index (χ3v) is 4.28. The van der Waals surface area contributed by atoms with Gasteiger partial charge in [-0.2, -0.15) is 0 Å². The SMILES string of the molecule is CC(=O)OC[C@H]1O[C@H](C#CCC2CCCCC2)C=C[C@H]1OC(C)=O. The van der Waals surface area contributed by atoms with Gasteiger partial charge in [0.05, 0.1) is 0 Å². The van der Waals surface area contributed by atoms with Gasteiger partial charge in [0.25, 0.3) is 0 Å². The number of carbonyl (C=O) groups excluding carboxylic acids is 2. The molecule has 0 N–H and O–H groups in total. The minimum Gasteiger partial charge on any atom is -0.463 e. The highest BCUT2D eigenvalue weighted by Gasteiger charge is 2.30. The molecule has 2 aliphatic rings. The summed E-state index contributed by atoms with van der Waals surface area (Å²) in [7, 11) is 0. The number of hydrogen-bond donors (Lipinski definition) is 0. The minimum atomic E-state index is -0.557. The molecule has 1 heterocycles. The van der Waals surface area contributed by atoms with E-state index >= 15 is 0 Å². The summed E-state index contributed by atoms with van der Waals surface area (Å²) in [6.07, 6.45) is 9.49. The number of carbonyl (C=O) groups is 2. The van der Waals surface area contributed by atoms with Crippen molar-refractivity contribution in [1.29, 1.82) is 0 Å². The van der Waals surface area contributed by atoms with Crippen LogP contribution in [0.5, 0.6) is 0 Å². The zero-order valence-electron chi connectivity index (χ0n) is 14.5. The topological polar surface area (TPSA) is 61.8 Å². The Morgan fingerprint density at radius 3 is 2.54 bits per heavy atom. The molecule has 0 unspecified atom stereocenters. The molecular weight excluding hydrogens is 308 g/mol. The Kier molecular flexibility index (Phi) is 7.33. The molecule has 0 saturated heterocycles. The average molecular weight is 334 g/mol. The normalized spacial score (nSPS) is 27.0. The van der Waals surface area contributed by atoms with Crippen molar-refractivity contribution in [2.75, 3.05) is 6.61 Å². The van der Waals surface area contributed by atoms with Gasteiger partial charge in [-0.15, -0.1) is 0 Å². The third-order valence-electron chi connectivity index (χ3n) is 4.28. The highest BCUT2D eigenvalue weighted by Crippen LogP contribution is 2.25. The van der Waals surface area contributed by atoms with Crippen molar-refractivity contribution >= 4 is 11.9 Å². The first-order chi connectivity index (χ1) is 11.5. The first-order valence-corrected chi connectivity index (χ1v) is 8.67. The molecule has 1 saturated carbocycles. The average Bonchev–Trinajstić information content (AvgIpc) is 2.55. The Labute approximate surface area is 143 Å². The van der Waals surface area contributed by atoms with Crippen LogP contribution in [0.4, 0.5) is 0 Å². The van der Waals surface area contributed by atoms with Crippen LogP contribution in [-0.2, 0) is 23.8 Å². The van der Waals surface area contributed by atoms with Crippen molar-refractivity contribution in [1.82, 2.24) is 0 Å². The van der Waals surface area contributed by atoms with E-state index in [0.717, 1.165) is 6.42 Å². The number of hydrogen-bond acceptors (Lipinski definition) is 5. The second-order valence-electron chi connectivity index (χ2n) is 6.39. The molecular formula is C19H26O5. The van der Waals surface area contributed by atoms with Crippen LogP contribution in [-0.4, -0.2) is 36.9 Å². The highest BCUT2D eigenvalue weighted by atomic mass is 16.6. The molecule has 1 aliphatic heterocycles. The smallest absolute Gasteiger partial charge is 0.303 e. The van der Waals surface area contributed by atoms with Crippen LogP contribution in [0, 0.1) is 17.8 Å². The van der Waals surface area contributed by atoms with Gasteiger partial charge in [-0.25, -0.2) is 0 Å². The summed E-state index contributed by atoms with van der Waals surface area (Å²) in [5.41, 5.74) is 0. The van der Waals surface area contributed by atoms with E-state index in [1.807, 2.05) is 0 Å². The highest BCUT2D eigenvalue weighted by molar-refractivity contribution is 5.66. The molecule has 0 amide bonds. The van der Waals surface area contributed by atoms with E-state index in [4.69, 9.17) is 14.2 Å². The first kappa shape index (κ1) is 18.5. The summed E-state index contributed by atoms with van der Waals surface area (Å²) in [5.74, 6) is 6.25. The fraction of sp³-hybridized carbons (Fsp3) is 0.684. The van der Waals surface area contributed by atoms with E-state index in [-0.39, 0.29) is 12.7 Å². The van der Waals surface area contributed by atoms with E-state index in [1.165, 1.54) is 46.0 Å². The van der Waals surface area contributed by atoms with E-state index in [0.29, 0.717) is 5.92 Å². The van der Waals surface area contributed by atoms with Gasteiger partial charge >= 0.3 is 11.9 Å². The minimum absolute atomic E-state index is 0.0401. The van der Waals surface area contributed by atoms with Crippen molar-refractivity contribution in [2.24, 2.45) is 5.92 Å². The Hall–Kier alpha value is -1.80. The number of rotatable bonds is 4. The Bertz CT molecular complexity index is 522. The second kappa shape index (κ2) is 9.48. The molecule has 5 heteroatoms. The summed E-state index contributed by atoms with van der Waals surface area (Å²) >= 11 is 0. The van der Waals surface area contributed by atoms with E-state index in [2.05, 4.69) is 11.8 Å². The molecule has 5 nitrogen and oxygen atoms in total. The van der Waals surface area contributed by atoms with E-state index < -0.39 is 24.1 Å². The maximum Gasteiger partial charge on any atom is 0.303 e. The van der Waals surface area contributed by atoms with Gasteiger partial charge in [0, 0.05) is 20.3 Å². The van der Waals surface area contributed by atoms with Gasteiger partial charge in [0.15, 0.2) is 0 Å². The van der Waals surface area contributed by atoms with Gasteiger partial charge in [-0.05, 0) is 30.9 Å². The van der Waals surface area contributed by atoms with Gasteiger partial charge < -0.3 is 14.2 Å². The van der Waals surface area contributed by atoms with Crippen LogP contribution in [0.2, 0.25) is 0 Å². The largest absolute Gasteiger partial charge is 0.463 e. The predicted molar refractivity (Wildman–Crippen MR) is 89.0 cm³/mol. The van der Waals surface area contributed by atoms with Gasteiger partial charge in [-0.1, -0.05) is 31.1 Å². The summed E-state index contributed by atoms with van der Waals surface area (Å²) in [6, 6.07) is 0. The van der Waals surface area contributed by atoms with Crippen LogP contribution in [0.3, 0.4) is 0 Å². The monoisotopic (exact) mass is 334 g/mol. The Morgan fingerprint density at radius 1 is 1.12 bits per heavy atom. The fourth-order valence-electron chi connectivity index (χ4n) is 3.06. The second-order valence-corrected chi connectivity index (χ2v) is 6.39. The molecule has 3 atom stereocenters. The lowest BCUT2D eigenvalue weighted by atomic mass is 9.87. The number of esters is 2. The van der Waals surface area contributed by atoms with Gasteiger partial charge in [0.1, 0.15) is 24.9 Å². The van der Waals surface area contributed by atoms with Crippen LogP contribution in [0.25, 0.3) is 0 Å². The summed E-state index contributed by atoms with van der Waals surface area (Å²) < 4.78 is 16.0. The van der Waals surface area contributed by atoms with Crippen LogP contribution < -0.4 is 0 Å². The van der Waals surface area contributed by atoms with Crippen LogP contribution >= 0.6 is 0 Å². The molecule has 0 bridgehead atoms. The van der Waals surface area contributed by atoms with Crippen LogP contribution in [0.1, 0.15) is 52.4 Å². The summed E-state index contributed by atoms with van der Waals surface area (Å²) in [6.45, 7) is 2.71. The Balaban J connectivity index is 1.91. The Morgan fingerprint density at radius 2 is 1.88 bits per heavy atom.